The zero-order valence-electron chi connectivity index (χ0n) is 9.81. The van der Waals surface area contributed by atoms with Crippen molar-refractivity contribution < 1.29 is 4.79 Å². The SMILES string of the molecule is CC(C)CCCC(C)n1cncc1C=O. The Kier molecular flexibility index (Phi) is 4.53. The number of carbonyl (C=O) groups is 1. The van der Waals surface area contributed by atoms with Crippen molar-refractivity contribution in [2.45, 2.75) is 46.1 Å². The van der Waals surface area contributed by atoms with Crippen molar-refractivity contribution in [2.24, 2.45) is 5.92 Å². The minimum atomic E-state index is 0.367. The van der Waals surface area contributed by atoms with Gasteiger partial charge in [0.25, 0.3) is 0 Å². The van der Waals surface area contributed by atoms with Crippen LogP contribution in [0.15, 0.2) is 12.5 Å². The summed E-state index contributed by atoms with van der Waals surface area (Å²) in [6.45, 7) is 6.60. The maximum atomic E-state index is 10.7. The predicted molar refractivity (Wildman–Crippen MR) is 61.0 cm³/mol. The summed E-state index contributed by atoms with van der Waals surface area (Å²) < 4.78 is 1.95. The number of nitrogens with zero attached hydrogens (tertiary/aromatic N) is 2. The van der Waals surface area contributed by atoms with Crippen LogP contribution in [0.4, 0.5) is 0 Å². The highest BCUT2D eigenvalue weighted by molar-refractivity contribution is 5.71. The van der Waals surface area contributed by atoms with Crippen LogP contribution >= 0.6 is 0 Å². The fourth-order valence-corrected chi connectivity index (χ4v) is 1.74. The molecule has 0 fully saturated rings. The Morgan fingerprint density at radius 3 is 2.73 bits per heavy atom. The van der Waals surface area contributed by atoms with Gasteiger partial charge in [-0.2, -0.15) is 0 Å². The molecule has 0 aliphatic heterocycles. The van der Waals surface area contributed by atoms with Gasteiger partial charge in [-0.15, -0.1) is 0 Å². The highest BCUT2D eigenvalue weighted by Gasteiger charge is 2.08. The molecule has 84 valence electrons. The van der Waals surface area contributed by atoms with E-state index in [9.17, 15) is 4.79 Å². The quantitative estimate of drug-likeness (QED) is 0.673. The van der Waals surface area contributed by atoms with Gasteiger partial charge in [0.2, 0.25) is 0 Å². The number of hydrogen-bond acceptors (Lipinski definition) is 2. The van der Waals surface area contributed by atoms with E-state index >= 15 is 0 Å². The fourth-order valence-electron chi connectivity index (χ4n) is 1.74. The highest BCUT2D eigenvalue weighted by atomic mass is 16.1. The molecule has 1 heterocycles. The molecule has 3 nitrogen and oxygen atoms in total. The van der Waals surface area contributed by atoms with Gasteiger partial charge in [-0.25, -0.2) is 4.98 Å². The standard InChI is InChI=1S/C12H20N2O/c1-10(2)5-4-6-11(3)14-9-13-7-12(14)8-15/h7-11H,4-6H2,1-3H3. The number of rotatable bonds is 6. The second-order valence-electron chi connectivity index (χ2n) is 4.52. The van der Waals surface area contributed by atoms with Gasteiger partial charge < -0.3 is 4.57 Å². The topological polar surface area (TPSA) is 34.9 Å². The molecule has 0 aromatic carbocycles. The van der Waals surface area contributed by atoms with Crippen molar-refractivity contribution in [3.8, 4) is 0 Å². The van der Waals surface area contributed by atoms with E-state index in [2.05, 4.69) is 25.8 Å². The molecule has 1 unspecified atom stereocenters. The molecule has 0 aliphatic carbocycles. The van der Waals surface area contributed by atoms with Crippen LogP contribution in [0.3, 0.4) is 0 Å². The van der Waals surface area contributed by atoms with Gasteiger partial charge in [0.15, 0.2) is 6.29 Å². The van der Waals surface area contributed by atoms with Crippen LogP contribution in [0.2, 0.25) is 0 Å². The van der Waals surface area contributed by atoms with Crippen molar-refractivity contribution in [2.75, 3.05) is 0 Å². The lowest BCUT2D eigenvalue weighted by molar-refractivity contribution is 0.111. The first kappa shape index (κ1) is 12.0. The lowest BCUT2D eigenvalue weighted by Gasteiger charge is -2.15. The van der Waals surface area contributed by atoms with Crippen LogP contribution in [0.25, 0.3) is 0 Å². The molecule has 0 amide bonds. The van der Waals surface area contributed by atoms with Gasteiger partial charge in [0.1, 0.15) is 5.69 Å². The first-order valence-electron chi connectivity index (χ1n) is 5.62. The second kappa shape index (κ2) is 5.69. The molecule has 0 bridgehead atoms. The van der Waals surface area contributed by atoms with E-state index in [1.54, 1.807) is 12.5 Å². The molecule has 15 heavy (non-hydrogen) atoms. The van der Waals surface area contributed by atoms with E-state index in [4.69, 9.17) is 0 Å². The average molecular weight is 208 g/mol. The molecule has 0 N–H and O–H groups in total. The van der Waals surface area contributed by atoms with Gasteiger partial charge in [0.05, 0.1) is 12.5 Å². The van der Waals surface area contributed by atoms with E-state index in [0.29, 0.717) is 11.7 Å². The molecule has 3 heteroatoms. The molecule has 1 rings (SSSR count). The van der Waals surface area contributed by atoms with Crippen LogP contribution in [0, 0.1) is 5.92 Å². The summed E-state index contributed by atoms with van der Waals surface area (Å²) in [4.78, 5) is 14.7. The Balaban J connectivity index is 2.46. The second-order valence-corrected chi connectivity index (χ2v) is 4.52. The number of carbonyl (C=O) groups excluding carboxylic acids is 1. The summed E-state index contributed by atoms with van der Waals surface area (Å²) in [6, 6.07) is 0.367. The van der Waals surface area contributed by atoms with Crippen molar-refractivity contribution in [3.05, 3.63) is 18.2 Å². The van der Waals surface area contributed by atoms with Crippen LogP contribution < -0.4 is 0 Å². The van der Waals surface area contributed by atoms with Gasteiger partial charge in [0, 0.05) is 6.04 Å². The van der Waals surface area contributed by atoms with E-state index in [1.165, 1.54) is 12.8 Å². The molecule has 1 aromatic rings. The first-order chi connectivity index (χ1) is 7.15. The zero-order valence-corrected chi connectivity index (χ0v) is 9.81. The Bertz CT molecular complexity index is 304. The van der Waals surface area contributed by atoms with Crippen molar-refractivity contribution in [3.63, 3.8) is 0 Å². The number of imidazole rings is 1. The molecule has 0 saturated heterocycles. The first-order valence-corrected chi connectivity index (χ1v) is 5.62. The third-order valence-corrected chi connectivity index (χ3v) is 2.70. The fraction of sp³-hybridized carbons (Fsp3) is 0.667. The average Bonchev–Trinajstić information content (AvgIpc) is 2.64. The number of hydrogen-bond donors (Lipinski definition) is 0. The molecular weight excluding hydrogens is 188 g/mol. The molecule has 1 atom stereocenters. The molecule has 0 saturated carbocycles. The summed E-state index contributed by atoms with van der Waals surface area (Å²) in [5.74, 6) is 0.755. The van der Waals surface area contributed by atoms with Gasteiger partial charge >= 0.3 is 0 Å². The van der Waals surface area contributed by atoms with E-state index in [0.717, 1.165) is 18.6 Å². The largest absolute Gasteiger partial charge is 0.326 e. The van der Waals surface area contributed by atoms with E-state index in [1.807, 2.05) is 4.57 Å². The normalized spacial score (nSPS) is 13.1. The van der Waals surface area contributed by atoms with Gasteiger partial charge in [-0.05, 0) is 19.3 Å². The lowest BCUT2D eigenvalue weighted by atomic mass is 10.0. The monoisotopic (exact) mass is 208 g/mol. The minimum Gasteiger partial charge on any atom is -0.326 e. The Labute approximate surface area is 91.5 Å². The third-order valence-electron chi connectivity index (χ3n) is 2.70. The summed E-state index contributed by atoms with van der Waals surface area (Å²) in [5.41, 5.74) is 0.673. The minimum absolute atomic E-state index is 0.367. The summed E-state index contributed by atoms with van der Waals surface area (Å²) in [6.07, 6.45) is 7.78. The summed E-state index contributed by atoms with van der Waals surface area (Å²) in [7, 11) is 0. The molecule has 0 spiro atoms. The Morgan fingerprint density at radius 2 is 2.13 bits per heavy atom. The lowest BCUT2D eigenvalue weighted by Crippen LogP contribution is -2.07. The van der Waals surface area contributed by atoms with E-state index in [-0.39, 0.29) is 0 Å². The number of aromatic nitrogens is 2. The van der Waals surface area contributed by atoms with Crippen molar-refractivity contribution in [1.82, 2.24) is 9.55 Å². The smallest absolute Gasteiger partial charge is 0.168 e. The maximum Gasteiger partial charge on any atom is 0.168 e. The maximum absolute atomic E-state index is 10.7. The molecular formula is C12H20N2O. The van der Waals surface area contributed by atoms with Crippen LogP contribution in [-0.4, -0.2) is 15.8 Å². The van der Waals surface area contributed by atoms with Crippen molar-refractivity contribution >= 4 is 6.29 Å². The van der Waals surface area contributed by atoms with Gasteiger partial charge in [-0.3, -0.25) is 4.79 Å². The van der Waals surface area contributed by atoms with Gasteiger partial charge in [-0.1, -0.05) is 26.7 Å². The molecule has 0 aliphatic rings. The third kappa shape index (κ3) is 3.50. The Morgan fingerprint density at radius 1 is 1.40 bits per heavy atom. The summed E-state index contributed by atoms with van der Waals surface area (Å²) >= 11 is 0. The number of aldehydes is 1. The predicted octanol–water partition coefficient (Wildman–Crippen LogP) is 3.08. The summed E-state index contributed by atoms with van der Waals surface area (Å²) in [5, 5.41) is 0. The zero-order chi connectivity index (χ0) is 11.3. The van der Waals surface area contributed by atoms with Crippen LogP contribution in [-0.2, 0) is 0 Å². The molecule has 0 radical (unpaired) electrons. The Hall–Kier alpha value is -1.12. The van der Waals surface area contributed by atoms with Crippen molar-refractivity contribution in [1.29, 1.82) is 0 Å². The van der Waals surface area contributed by atoms with Crippen LogP contribution in [0.5, 0.6) is 0 Å². The molecule has 1 aromatic heterocycles. The van der Waals surface area contributed by atoms with Crippen LogP contribution in [0.1, 0.15) is 56.6 Å². The highest BCUT2D eigenvalue weighted by Crippen LogP contribution is 2.17. The van der Waals surface area contributed by atoms with E-state index < -0.39 is 0 Å².